The normalized spacial score (nSPS) is 11.6. The molecule has 0 fully saturated rings. The molecule has 3 aromatic heterocycles. The molecule has 0 saturated carbocycles. The molecule has 0 N–H and O–H groups in total. The first-order chi connectivity index (χ1) is 21.8. The van der Waals surface area contributed by atoms with Gasteiger partial charge in [-0.05, 0) is 41.5 Å². The van der Waals surface area contributed by atoms with Crippen molar-refractivity contribution in [2.75, 3.05) is 0 Å². The van der Waals surface area contributed by atoms with Gasteiger partial charge in [0.2, 0.25) is 5.95 Å². The van der Waals surface area contributed by atoms with Crippen molar-refractivity contribution in [3.05, 3.63) is 146 Å². The van der Waals surface area contributed by atoms with Crippen LogP contribution >= 0.6 is 0 Å². The Labute approximate surface area is 252 Å². The lowest BCUT2D eigenvalue weighted by Gasteiger charge is -2.11. The maximum atomic E-state index is 6.36. The molecule has 0 saturated heterocycles. The van der Waals surface area contributed by atoms with Crippen molar-refractivity contribution in [2.24, 2.45) is 0 Å². The van der Waals surface area contributed by atoms with Gasteiger partial charge in [-0.2, -0.15) is 9.97 Å². The van der Waals surface area contributed by atoms with Gasteiger partial charge in [-0.1, -0.05) is 115 Å². The summed E-state index contributed by atoms with van der Waals surface area (Å²) in [5.41, 5.74) is 7.88. The highest BCUT2D eigenvalue weighted by molar-refractivity contribution is 6.24. The highest BCUT2D eigenvalue weighted by atomic mass is 16.3. The third kappa shape index (κ3) is 3.83. The van der Waals surface area contributed by atoms with Gasteiger partial charge in [0.1, 0.15) is 11.2 Å². The molecule has 0 aliphatic rings. The zero-order valence-corrected chi connectivity index (χ0v) is 23.6. The Kier molecular flexibility index (Phi) is 5.43. The van der Waals surface area contributed by atoms with Gasteiger partial charge in [-0.3, -0.25) is 4.57 Å². The molecule has 9 rings (SSSR count). The molecule has 5 nitrogen and oxygen atoms in total. The first-order valence-electron chi connectivity index (χ1n) is 14.6. The van der Waals surface area contributed by atoms with Crippen molar-refractivity contribution in [1.82, 2.24) is 19.5 Å². The van der Waals surface area contributed by atoms with Crippen LogP contribution in [0.2, 0.25) is 0 Å². The van der Waals surface area contributed by atoms with Gasteiger partial charge >= 0.3 is 0 Å². The van der Waals surface area contributed by atoms with Crippen LogP contribution in [0.15, 0.2) is 150 Å². The van der Waals surface area contributed by atoms with Crippen LogP contribution in [0, 0.1) is 0 Å². The summed E-state index contributed by atoms with van der Waals surface area (Å²) in [7, 11) is 0. The predicted octanol–water partition coefficient (Wildman–Crippen LogP) is 9.87. The van der Waals surface area contributed by atoms with Gasteiger partial charge in [0.05, 0.1) is 16.4 Å². The number of aromatic nitrogens is 4. The minimum atomic E-state index is 0.558. The molecular formula is C39H24N4O. The Hall–Kier alpha value is -6.07. The van der Waals surface area contributed by atoms with E-state index in [2.05, 4.69) is 71.3 Å². The smallest absolute Gasteiger partial charge is 0.238 e. The lowest BCUT2D eigenvalue weighted by Crippen LogP contribution is -2.06. The van der Waals surface area contributed by atoms with Crippen LogP contribution < -0.4 is 0 Å². The minimum Gasteiger partial charge on any atom is -0.456 e. The number of hydrogen-bond acceptors (Lipinski definition) is 4. The van der Waals surface area contributed by atoms with E-state index in [1.807, 2.05) is 78.9 Å². The molecule has 0 radical (unpaired) electrons. The van der Waals surface area contributed by atoms with E-state index in [0.29, 0.717) is 17.6 Å². The highest BCUT2D eigenvalue weighted by Gasteiger charge is 2.22. The number of nitrogens with zero attached hydrogens (tertiary/aromatic N) is 4. The van der Waals surface area contributed by atoms with Crippen molar-refractivity contribution in [1.29, 1.82) is 0 Å². The molecule has 206 valence electrons. The summed E-state index contributed by atoms with van der Waals surface area (Å²) >= 11 is 0. The molecule has 9 aromatic rings. The molecule has 0 aliphatic heterocycles. The topological polar surface area (TPSA) is 56.7 Å². The molecule has 0 bridgehead atoms. The number of rotatable bonds is 4. The Morgan fingerprint density at radius 1 is 0.432 bits per heavy atom. The number of fused-ring (bicyclic) bond motifs is 7. The first kappa shape index (κ1) is 24.5. The van der Waals surface area contributed by atoms with E-state index in [4.69, 9.17) is 19.4 Å². The van der Waals surface area contributed by atoms with Crippen molar-refractivity contribution >= 4 is 43.7 Å². The summed E-state index contributed by atoms with van der Waals surface area (Å²) in [6, 6.07) is 49.7. The Morgan fingerprint density at radius 2 is 1.05 bits per heavy atom. The zero-order chi connectivity index (χ0) is 29.0. The van der Waals surface area contributed by atoms with Crippen LogP contribution in [0.3, 0.4) is 0 Å². The van der Waals surface area contributed by atoms with Crippen molar-refractivity contribution in [3.8, 4) is 39.9 Å². The lowest BCUT2D eigenvalue weighted by atomic mass is 10.0. The predicted molar refractivity (Wildman–Crippen MR) is 178 cm³/mol. The van der Waals surface area contributed by atoms with Gasteiger partial charge in [0.25, 0.3) is 0 Å². The minimum absolute atomic E-state index is 0.558. The first-order valence-corrected chi connectivity index (χ1v) is 14.6. The largest absolute Gasteiger partial charge is 0.456 e. The quantitative estimate of drug-likeness (QED) is 0.213. The molecule has 5 heteroatoms. The average Bonchev–Trinajstić information content (AvgIpc) is 3.64. The molecular weight excluding hydrogens is 540 g/mol. The second-order valence-electron chi connectivity index (χ2n) is 10.9. The number of para-hydroxylation sites is 1. The third-order valence-corrected chi connectivity index (χ3v) is 8.26. The number of hydrogen-bond donors (Lipinski definition) is 0. The summed E-state index contributed by atoms with van der Waals surface area (Å²) in [6.07, 6.45) is 0. The molecule has 0 unspecified atom stereocenters. The van der Waals surface area contributed by atoms with E-state index in [0.717, 1.165) is 60.4 Å². The Balaban J connectivity index is 1.43. The fourth-order valence-corrected chi connectivity index (χ4v) is 6.23. The van der Waals surface area contributed by atoms with Crippen LogP contribution in [-0.4, -0.2) is 19.5 Å². The van der Waals surface area contributed by atoms with Gasteiger partial charge in [0.15, 0.2) is 11.6 Å². The van der Waals surface area contributed by atoms with Crippen molar-refractivity contribution < 1.29 is 4.42 Å². The van der Waals surface area contributed by atoms with Crippen LogP contribution in [0.1, 0.15) is 0 Å². The fourth-order valence-electron chi connectivity index (χ4n) is 6.23. The maximum Gasteiger partial charge on any atom is 0.238 e. The molecule has 6 aromatic carbocycles. The summed E-state index contributed by atoms with van der Waals surface area (Å²) in [6.45, 7) is 0. The van der Waals surface area contributed by atoms with Gasteiger partial charge < -0.3 is 4.42 Å². The van der Waals surface area contributed by atoms with Gasteiger partial charge in [0, 0.05) is 27.3 Å². The number of benzene rings is 6. The molecule has 0 atom stereocenters. The highest BCUT2D eigenvalue weighted by Crippen LogP contribution is 2.41. The number of furan rings is 1. The van der Waals surface area contributed by atoms with Gasteiger partial charge in [-0.15, -0.1) is 0 Å². The van der Waals surface area contributed by atoms with E-state index in [1.54, 1.807) is 0 Å². The maximum absolute atomic E-state index is 6.36. The monoisotopic (exact) mass is 564 g/mol. The van der Waals surface area contributed by atoms with Crippen molar-refractivity contribution in [2.45, 2.75) is 0 Å². The standard InChI is InChI=1S/C39H24N4O/c1-4-12-25(13-5-1)28-20-22-32-31(24-28)29-21-23-34-35(30-18-10-11-19-33(30)44-34)36(29)43(32)39-41-37(26-14-6-2-7-15-26)40-38(42-39)27-16-8-3-9-17-27/h1-24H. The third-order valence-electron chi connectivity index (χ3n) is 8.26. The Bertz CT molecular complexity index is 2420. The van der Waals surface area contributed by atoms with E-state index >= 15 is 0 Å². The fraction of sp³-hybridized carbons (Fsp3) is 0. The van der Waals surface area contributed by atoms with Crippen molar-refractivity contribution in [3.63, 3.8) is 0 Å². The van der Waals surface area contributed by atoms with Crippen LogP contribution in [-0.2, 0) is 0 Å². The second kappa shape index (κ2) is 9.75. The van der Waals surface area contributed by atoms with E-state index in [1.165, 1.54) is 5.56 Å². The second-order valence-corrected chi connectivity index (χ2v) is 10.9. The molecule has 3 heterocycles. The van der Waals surface area contributed by atoms with E-state index in [-0.39, 0.29) is 0 Å². The Morgan fingerprint density at radius 3 is 1.73 bits per heavy atom. The van der Waals surface area contributed by atoms with Crippen LogP contribution in [0.4, 0.5) is 0 Å². The van der Waals surface area contributed by atoms with E-state index < -0.39 is 0 Å². The summed E-state index contributed by atoms with van der Waals surface area (Å²) < 4.78 is 8.54. The SMILES string of the molecule is c1ccc(-c2ccc3c(c2)c2ccc4oc5ccccc5c4c2n3-c2nc(-c3ccccc3)nc(-c3ccccc3)n2)cc1. The molecule has 0 spiro atoms. The lowest BCUT2D eigenvalue weighted by molar-refractivity contribution is 0.669. The van der Waals surface area contributed by atoms with Crippen LogP contribution in [0.25, 0.3) is 83.6 Å². The van der Waals surface area contributed by atoms with Gasteiger partial charge in [-0.25, -0.2) is 4.98 Å². The molecule has 0 aliphatic carbocycles. The summed E-state index contributed by atoms with van der Waals surface area (Å²) in [4.78, 5) is 15.2. The molecule has 44 heavy (non-hydrogen) atoms. The summed E-state index contributed by atoms with van der Waals surface area (Å²) in [5, 5.41) is 4.33. The van der Waals surface area contributed by atoms with Crippen LogP contribution in [0.5, 0.6) is 0 Å². The zero-order valence-electron chi connectivity index (χ0n) is 23.6. The average molecular weight is 565 g/mol. The summed E-state index contributed by atoms with van der Waals surface area (Å²) in [5.74, 6) is 1.80. The molecule has 0 amide bonds. The van der Waals surface area contributed by atoms with E-state index in [9.17, 15) is 0 Å².